The minimum Gasteiger partial charge on any atom is -0.348 e. The summed E-state index contributed by atoms with van der Waals surface area (Å²) in [5, 5.41) is 2.89. The van der Waals surface area contributed by atoms with Crippen LogP contribution in [0, 0.1) is 20.8 Å². The van der Waals surface area contributed by atoms with Crippen LogP contribution in [0.3, 0.4) is 0 Å². The Kier molecular flexibility index (Phi) is 5.29. The summed E-state index contributed by atoms with van der Waals surface area (Å²) < 4.78 is 24.9. The second-order valence-electron chi connectivity index (χ2n) is 6.01. The lowest BCUT2D eigenvalue weighted by Gasteiger charge is -2.13. The number of anilines is 1. The maximum Gasteiger partial charge on any atom is 0.251 e. The van der Waals surface area contributed by atoms with Gasteiger partial charge in [-0.3, -0.25) is 9.52 Å². The van der Waals surface area contributed by atoms with E-state index in [2.05, 4.69) is 22.2 Å². The Balaban J connectivity index is 2.12. The zero-order chi connectivity index (χ0) is 17.9. The van der Waals surface area contributed by atoms with E-state index in [0.717, 1.165) is 22.9 Å². The highest BCUT2D eigenvalue weighted by molar-refractivity contribution is 7.92. The van der Waals surface area contributed by atoms with Crippen molar-refractivity contribution in [1.29, 1.82) is 0 Å². The molecule has 0 saturated heterocycles. The monoisotopic (exact) mass is 346 g/mol. The molecule has 0 aliphatic rings. The van der Waals surface area contributed by atoms with Crippen LogP contribution in [0.2, 0.25) is 0 Å². The Hall–Kier alpha value is -2.34. The topological polar surface area (TPSA) is 75.3 Å². The maximum atomic E-state index is 12.3. The lowest BCUT2D eigenvalue weighted by molar-refractivity contribution is 0.0951. The third-order valence-electron chi connectivity index (χ3n) is 3.69. The first-order valence-corrected chi connectivity index (χ1v) is 9.47. The number of hydrogen-bond acceptors (Lipinski definition) is 3. The second-order valence-corrected chi connectivity index (χ2v) is 7.76. The van der Waals surface area contributed by atoms with Crippen LogP contribution in [-0.4, -0.2) is 20.6 Å². The third kappa shape index (κ3) is 4.83. The van der Waals surface area contributed by atoms with Crippen molar-refractivity contribution in [2.24, 2.45) is 0 Å². The average Bonchev–Trinajstić information content (AvgIpc) is 2.44. The fourth-order valence-electron chi connectivity index (χ4n) is 2.70. The molecule has 6 heteroatoms. The Morgan fingerprint density at radius 3 is 2.25 bits per heavy atom. The third-order valence-corrected chi connectivity index (χ3v) is 4.30. The van der Waals surface area contributed by atoms with E-state index >= 15 is 0 Å². The summed E-state index contributed by atoms with van der Waals surface area (Å²) in [6.07, 6.45) is 1.07. The van der Waals surface area contributed by atoms with Gasteiger partial charge in [0.1, 0.15) is 0 Å². The molecular formula is C18H22N2O3S. The van der Waals surface area contributed by atoms with Crippen molar-refractivity contribution in [3.8, 4) is 0 Å². The molecule has 5 nitrogen and oxygen atoms in total. The smallest absolute Gasteiger partial charge is 0.251 e. The molecule has 0 unspecified atom stereocenters. The second kappa shape index (κ2) is 7.05. The quantitative estimate of drug-likeness (QED) is 0.874. The zero-order valence-corrected chi connectivity index (χ0v) is 15.1. The molecule has 24 heavy (non-hydrogen) atoms. The highest BCUT2D eigenvalue weighted by atomic mass is 32.2. The number of benzene rings is 2. The number of aryl methyl sites for hydroxylation is 3. The van der Waals surface area contributed by atoms with Crippen molar-refractivity contribution in [1.82, 2.24) is 5.32 Å². The first kappa shape index (κ1) is 18.0. The largest absolute Gasteiger partial charge is 0.348 e. The molecule has 0 saturated carbocycles. The highest BCUT2D eigenvalue weighted by Crippen LogP contribution is 2.17. The fraction of sp³-hybridized carbons (Fsp3) is 0.278. The molecule has 0 bridgehead atoms. The van der Waals surface area contributed by atoms with Crippen molar-refractivity contribution in [3.05, 3.63) is 64.2 Å². The van der Waals surface area contributed by atoms with Crippen LogP contribution in [0.5, 0.6) is 0 Å². The van der Waals surface area contributed by atoms with Crippen molar-refractivity contribution in [2.45, 2.75) is 27.3 Å². The molecule has 1 amide bonds. The standard InChI is InChI=1S/C18H22N2O3S/c1-12-8-13(2)17(14(3)9-12)11-19-18(21)15-6-5-7-16(10-15)20-24(4,22)23/h5-10,20H,11H2,1-4H3,(H,19,21). The molecule has 128 valence electrons. The van der Waals surface area contributed by atoms with Gasteiger partial charge >= 0.3 is 0 Å². The lowest BCUT2D eigenvalue weighted by Crippen LogP contribution is -2.24. The molecule has 0 heterocycles. The molecular weight excluding hydrogens is 324 g/mol. The molecule has 0 aromatic heterocycles. The summed E-state index contributed by atoms with van der Waals surface area (Å²) in [6.45, 7) is 6.53. The molecule has 2 aromatic rings. The number of nitrogens with one attached hydrogen (secondary N) is 2. The molecule has 0 fully saturated rings. The number of hydrogen-bond donors (Lipinski definition) is 2. The summed E-state index contributed by atoms with van der Waals surface area (Å²) in [7, 11) is -3.37. The minimum absolute atomic E-state index is 0.244. The molecule has 0 radical (unpaired) electrons. The number of amides is 1. The number of sulfonamides is 1. The summed E-state index contributed by atoms with van der Waals surface area (Å²) in [6, 6.07) is 10.6. The fourth-order valence-corrected chi connectivity index (χ4v) is 3.25. The normalized spacial score (nSPS) is 11.2. The SMILES string of the molecule is Cc1cc(C)c(CNC(=O)c2cccc(NS(C)(=O)=O)c2)c(C)c1. The summed E-state index contributed by atoms with van der Waals surface area (Å²) in [4.78, 5) is 12.3. The molecule has 0 atom stereocenters. The summed E-state index contributed by atoms with van der Waals surface area (Å²) >= 11 is 0. The van der Waals surface area contributed by atoms with Crippen molar-refractivity contribution >= 4 is 21.6 Å². The number of rotatable bonds is 5. The van der Waals surface area contributed by atoms with Crippen molar-refractivity contribution in [2.75, 3.05) is 11.0 Å². The Morgan fingerprint density at radius 2 is 1.67 bits per heavy atom. The molecule has 0 spiro atoms. The Morgan fingerprint density at radius 1 is 1.04 bits per heavy atom. The summed E-state index contributed by atoms with van der Waals surface area (Å²) in [5.74, 6) is -0.244. The van der Waals surface area contributed by atoms with Gasteiger partial charge in [0.2, 0.25) is 10.0 Å². The Bertz CT molecular complexity index is 851. The van der Waals surface area contributed by atoms with Crippen LogP contribution in [0.15, 0.2) is 36.4 Å². The summed E-state index contributed by atoms with van der Waals surface area (Å²) in [5.41, 5.74) is 5.35. The van der Waals surface area contributed by atoms with Crippen molar-refractivity contribution < 1.29 is 13.2 Å². The van der Waals surface area contributed by atoms with Gasteiger partial charge in [-0.1, -0.05) is 23.8 Å². The van der Waals surface area contributed by atoms with E-state index in [9.17, 15) is 13.2 Å². The molecule has 2 rings (SSSR count). The van der Waals surface area contributed by atoms with Crippen LogP contribution in [0.25, 0.3) is 0 Å². The van der Waals surface area contributed by atoms with Crippen LogP contribution in [0.1, 0.15) is 32.6 Å². The van der Waals surface area contributed by atoms with Gasteiger partial charge in [-0.25, -0.2) is 8.42 Å². The molecule has 2 aromatic carbocycles. The van der Waals surface area contributed by atoms with Gasteiger partial charge in [-0.2, -0.15) is 0 Å². The van der Waals surface area contributed by atoms with E-state index in [1.54, 1.807) is 18.2 Å². The van der Waals surface area contributed by atoms with Crippen LogP contribution in [-0.2, 0) is 16.6 Å². The maximum absolute atomic E-state index is 12.3. The molecule has 0 aliphatic heterocycles. The van der Waals surface area contributed by atoms with Gasteiger partial charge in [0, 0.05) is 17.8 Å². The van der Waals surface area contributed by atoms with E-state index in [0.29, 0.717) is 17.8 Å². The first-order chi connectivity index (χ1) is 11.2. The van der Waals surface area contributed by atoms with Gasteiger partial charge < -0.3 is 5.32 Å². The highest BCUT2D eigenvalue weighted by Gasteiger charge is 2.10. The van der Waals surface area contributed by atoms with Gasteiger partial charge in [-0.05, 0) is 55.7 Å². The predicted octanol–water partition coefficient (Wildman–Crippen LogP) is 2.91. The van der Waals surface area contributed by atoms with Gasteiger partial charge in [0.25, 0.3) is 5.91 Å². The Labute approximate surface area is 143 Å². The van der Waals surface area contributed by atoms with E-state index in [4.69, 9.17) is 0 Å². The predicted molar refractivity (Wildman–Crippen MR) is 96.7 cm³/mol. The van der Waals surface area contributed by atoms with E-state index in [1.165, 1.54) is 11.6 Å². The number of carbonyl (C=O) groups is 1. The van der Waals surface area contributed by atoms with Gasteiger partial charge in [-0.15, -0.1) is 0 Å². The van der Waals surface area contributed by atoms with Gasteiger partial charge in [0.05, 0.1) is 6.26 Å². The average molecular weight is 346 g/mol. The van der Waals surface area contributed by atoms with E-state index in [-0.39, 0.29) is 5.91 Å². The van der Waals surface area contributed by atoms with E-state index in [1.807, 2.05) is 20.8 Å². The van der Waals surface area contributed by atoms with Gasteiger partial charge in [0.15, 0.2) is 0 Å². The zero-order valence-electron chi connectivity index (χ0n) is 14.3. The van der Waals surface area contributed by atoms with E-state index < -0.39 is 10.0 Å². The first-order valence-electron chi connectivity index (χ1n) is 7.58. The molecule has 2 N–H and O–H groups in total. The number of carbonyl (C=O) groups excluding carboxylic acids is 1. The van der Waals surface area contributed by atoms with Crippen LogP contribution in [0.4, 0.5) is 5.69 Å². The lowest BCUT2D eigenvalue weighted by atomic mass is 10.00. The van der Waals surface area contributed by atoms with Crippen LogP contribution < -0.4 is 10.0 Å². The molecule has 0 aliphatic carbocycles. The van der Waals surface area contributed by atoms with Crippen LogP contribution >= 0.6 is 0 Å². The minimum atomic E-state index is -3.37. The van der Waals surface area contributed by atoms with Crippen molar-refractivity contribution in [3.63, 3.8) is 0 Å².